The molecule has 0 aliphatic carbocycles. The Balaban J connectivity index is 1.26. The fourth-order valence-electron chi connectivity index (χ4n) is 5.93. The normalized spacial score (nSPS) is 13.3. The summed E-state index contributed by atoms with van der Waals surface area (Å²) in [7, 11) is 0. The van der Waals surface area contributed by atoms with Gasteiger partial charge in [-0.25, -0.2) is 4.98 Å². The number of ether oxygens (including phenoxy) is 1. The monoisotopic (exact) mass is 576 g/mol. The first-order chi connectivity index (χ1) is 20.8. The molecule has 0 bridgehead atoms. The van der Waals surface area contributed by atoms with Crippen molar-refractivity contribution in [3.8, 4) is 22.1 Å². The summed E-state index contributed by atoms with van der Waals surface area (Å²) in [6.07, 6.45) is 1.89. The lowest BCUT2D eigenvalue weighted by atomic mass is 9.66. The molecule has 0 fully saturated rings. The highest BCUT2D eigenvalue weighted by atomic mass is 32.2. The van der Waals surface area contributed by atoms with Gasteiger partial charge in [-0.2, -0.15) is 0 Å². The Morgan fingerprint density at radius 2 is 1.29 bits per heavy atom. The third-order valence-corrected chi connectivity index (χ3v) is 9.97. The van der Waals surface area contributed by atoms with E-state index in [1.165, 1.54) is 25.6 Å². The molecule has 1 aliphatic heterocycles. The van der Waals surface area contributed by atoms with Crippen LogP contribution in [0.3, 0.4) is 0 Å². The molecule has 5 heteroatoms. The quantitative estimate of drug-likeness (QED) is 0.204. The molecule has 1 aliphatic rings. The van der Waals surface area contributed by atoms with Gasteiger partial charge in [-0.3, -0.25) is 4.98 Å². The number of hydrogen-bond acceptors (Lipinski definition) is 5. The molecule has 0 atom stereocenters. The second-order valence-corrected chi connectivity index (χ2v) is 12.3. The van der Waals surface area contributed by atoms with Crippen LogP contribution in [0.15, 0.2) is 156 Å². The summed E-state index contributed by atoms with van der Waals surface area (Å²) in [5, 5.41) is 0.984. The maximum Gasteiger partial charge on any atom is 0.128 e. The number of pyridine rings is 1. The van der Waals surface area contributed by atoms with Crippen LogP contribution in [0, 0.1) is 0 Å². The molecule has 8 rings (SSSR count). The number of para-hydroxylation sites is 1. The van der Waals surface area contributed by atoms with Crippen LogP contribution in [-0.4, -0.2) is 9.97 Å². The Kier molecular flexibility index (Phi) is 6.13. The van der Waals surface area contributed by atoms with Gasteiger partial charge >= 0.3 is 0 Å². The van der Waals surface area contributed by atoms with Crippen LogP contribution in [0.25, 0.3) is 20.8 Å². The number of aromatic nitrogens is 2. The van der Waals surface area contributed by atoms with Crippen molar-refractivity contribution in [3.05, 3.63) is 168 Å². The third-order valence-electron chi connectivity index (χ3n) is 7.73. The first-order valence-electron chi connectivity index (χ1n) is 13.8. The highest BCUT2D eigenvalue weighted by molar-refractivity contribution is 7.99. The van der Waals surface area contributed by atoms with Gasteiger partial charge in [0.2, 0.25) is 0 Å². The molecule has 0 radical (unpaired) electrons. The van der Waals surface area contributed by atoms with E-state index in [0.717, 1.165) is 38.8 Å². The van der Waals surface area contributed by atoms with E-state index in [0.29, 0.717) is 0 Å². The summed E-state index contributed by atoms with van der Waals surface area (Å²) in [5.41, 5.74) is 6.01. The van der Waals surface area contributed by atoms with E-state index in [4.69, 9.17) is 14.7 Å². The molecule has 2 aromatic heterocycles. The summed E-state index contributed by atoms with van der Waals surface area (Å²) >= 11 is 3.51. The topological polar surface area (TPSA) is 35.0 Å². The van der Waals surface area contributed by atoms with Crippen LogP contribution >= 0.6 is 23.1 Å². The lowest BCUT2D eigenvalue weighted by molar-refractivity contribution is 0.481. The zero-order chi connectivity index (χ0) is 27.9. The van der Waals surface area contributed by atoms with Gasteiger partial charge in [-0.1, -0.05) is 90.6 Å². The van der Waals surface area contributed by atoms with Crippen LogP contribution in [0.2, 0.25) is 0 Å². The van der Waals surface area contributed by atoms with Crippen molar-refractivity contribution in [1.82, 2.24) is 9.97 Å². The van der Waals surface area contributed by atoms with Gasteiger partial charge in [0.05, 0.1) is 21.3 Å². The van der Waals surface area contributed by atoms with Gasteiger partial charge in [-0.15, -0.1) is 11.3 Å². The number of nitrogens with zero attached hydrogens (tertiary/aromatic N) is 2. The number of fused-ring (bicyclic) bond motifs is 3. The molecule has 0 unspecified atom stereocenters. The number of hydrogen-bond donors (Lipinski definition) is 0. The van der Waals surface area contributed by atoms with Crippen molar-refractivity contribution >= 4 is 33.3 Å². The molecule has 0 spiro atoms. The van der Waals surface area contributed by atoms with E-state index >= 15 is 0 Å². The first-order valence-corrected chi connectivity index (χ1v) is 15.5. The van der Waals surface area contributed by atoms with Crippen LogP contribution < -0.4 is 4.74 Å². The predicted molar refractivity (Wildman–Crippen MR) is 172 cm³/mol. The Hall–Kier alpha value is -4.71. The predicted octanol–water partition coefficient (Wildman–Crippen LogP) is 10.00. The molecule has 0 N–H and O–H groups in total. The summed E-state index contributed by atoms with van der Waals surface area (Å²) in [5.74, 6) is 1.55. The van der Waals surface area contributed by atoms with Crippen molar-refractivity contribution < 1.29 is 4.74 Å². The van der Waals surface area contributed by atoms with Gasteiger partial charge in [-0.05, 0) is 77.4 Å². The lowest BCUT2D eigenvalue weighted by Gasteiger charge is -2.40. The molecule has 0 saturated carbocycles. The fourth-order valence-corrected chi connectivity index (χ4v) is 8.09. The first kappa shape index (κ1) is 25.0. The Bertz CT molecular complexity index is 1990. The maximum atomic E-state index is 6.55. The summed E-state index contributed by atoms with van der Waals surface area (Å²) in [4.78, 5) is 12.3. The van der Waals surface area contributed by atoms with E-state index in [2.05, 4.69) is 109 Å². The minimum absolute atomic E-state index is 0.595. The number of rotatable bonds is 5. The van der Waals surface area contributed by atoms with Crippen molar-refractivity contribution in [2.45, 2.75) is 15.2 Å². The van der Waals surface area contributed by atoms with Gasteiger partial charge in [0.25, 0.3) is 0 Å². The lowest BCUT2D eigenvalue weighted by Crippen LogP contribution is -2.34. The highest BCUT2D eigenvalue weighted by Gasteiger charge is 2.45. The van der Waals surface area contributed by atoms with E-state index in [9.17, 15) is 0 Å². The maximum absolute atomic E-state index is 6.55. The third kappa shape index (κ3) is 4.13. The van der Waals surface area contributed by atoms with Crippen molar-refractivity contribution in [3.63, 3.8) is 0 Å². The smallest absolute Gasteiger partial charge is 0.128 e. The van der Waals surface area contributed by atoms with Gasteiger partial charge < -0.3 is 4.74 Å². The molecular formula is C37H24N2OS2. The van der Waals surface area contributed by atoms with Gasteiger partial charge in [0.1, 0.15) is 16.5 Å². The zero-order valence-electron chi connectivity index (χ0n) is 22.5. The minimum atomic E-state index is -0.595. The average molecular weight is 577 g/mol. The van der Waals surface area contributed by atoms with Crippen molar-refractivity contribution in [2.75, 3.05) is 0 Å². The Labute approximate surface area is 252 Å². The molecule has 3 nitrogen and oxygen atoms in total. The van der Waals surface area contributed by atoms with Crippen LogP contribution in [0.1, 0.15) is 22.4 Å². The molecule has 5 aromatic carbocycles. The minimum Gasteiger partial charge on any atom is -0.457 e. The number of benzene rings is 5. The molecule has 0 saturated heterocycles. The molecule has 7 aromatic rings. The molecular weight excluding hydrogens is 553 g/mol. The van der Waals surface area contributed by atoms with E-state index in [1.54, 1.807) is 11.3 Å². The van der Waals surface area contributed by atoms with Crippen LogP contribution in [0.4, 0.5) is 0 Å². The highest BCUT2D eigenvalue weighted by Crippen LogP contribution is 2.55. The Morgan fingerprint density at radius 1 is 0.595 bits per heavy atom. The average Bonchev–Trinajstić information content (AvgIpc) is 3.49. The zero-order valence-corrected chi connectivity index (χ0v) is 24.1. The largest absolute Gasteiger partial charge is 0.457 e. The van der Waals surface area contributed by atoms with Crippen molar-refractivity contribution in [2.24, 2.45) is 0 Å². The van der Waals surface area contributed by atoms with E-state index < -0.39 is 5.41 Å². The second-order valence-electron chi connectivity index (χ2n) is 10.2. The van der Waals surface area contributed by atoms with Crippen LogP contribution in [-0.2, 0) is 5.41 Å². The van der Waals surface area contributed by atoms with Crippen LogP contribution in [0.5, 0.6) is 11.5 Å². The molecule has 3 heterocycles. The van der Waals surface area contributed by atoms with Crippen molar-refractivity contribution in [1.29, 1.82) is 0 Å². The molecule has 42 heavy (non-hydrogen) atoms. The second kappa shape index (κ2) is 10.3. The summed E-state index contributed by atoms with van der Waals surface area (Å²) < 4.78 is 7.73. The number of thiazole rings is 1. The van der Waals surface area contributed by atoms with Gasteiger partial charge in [0, 0.05) is 21.6 Å². The summed E-state index contributed by atoms with van der Waals surface area (Å²) in [6.45, 7) is 0. The van der Waals surface area contributed by atoms with Gasteiger partial charge in [0.15, 0.2) is 0 Å². The molecule has 0 amide bonds. The Morgan fingerprint density at radius 3 is 2.05 bits per heavy atom. The summed E-state index contributed by atoms with van der Waals surface area (Å²) in [6, 6.07) is 48.5. The van der Waals surface area contributed by atoms with E-state index in [1.807, 2.05) is 48.3 Å². The van der Waals surface area contributed by atoms with E-state index in [-0.39, 0.29) is 0 Å². The fraction of sp³-hybridized carbons (Fsp3) is 0.0270. The molecule has 200 valence electrons. The SMILES string of the molecule is c1ccc(C2(c3cccc(Oc4cccc(-c5nc6ccccc6s5)c4)c3)c3ccccc3Sc3ccccc32)nc1. The standard InChI is InChI=1S/C37H24N2OS2/c1-4-18-32-29(15-1)37(35-21-7-8-22-38-35,30-16-2-5-19-33(30)41-32)26-12-10-14-28(24-26)40-27-13-9-11-25(23-27)36-39-31-17-3-6-20-34(31)42-36/h1-24H.